The van der Waals surface area contributed by atoms with E-state index in [0.717, 1.165) is 16.7 Å². The summed E-state index contributed by atoms with van der Waals surface area (Å²) in [6.45, 7) is 0.540. The van der Waals surface area contributed by atoms with E-state index >= 15 is 0 Å². The van der Waals surface area contributed by atoms with Gasteiger partial charge in [0.1, 0.15) is 24.4 Å². The molecule has 0 aliphatic carbocycles. The van der Waals surface area contributed by atoms with Crippen molar-refractivity contribution in [2.45, 2.75) is 50.5 Å². The Kier molecular flexibility index (Phi) is 8.60. The molecule has 0 aromatic heterocycles. The van der Waals surface area contributed by atoms with Gasteiger partial charge in [0.05, 0.1) is 26.4 Å². The van der Waals surface area contributed by atoms with Gasteiger partial charge in [-0.05, 0) is 16.7 Å². The smallest absolute Gasteiger partial charge is 0.187 e. The molecule has 3 aromatic carbocycles. The van der Waals surface area contributed by atoms with Crippen molar-refractivity contribution in [3.63, 3.8) is 0 Å². The van der Waals surface area contributed by atoms with E-state index in [1.165, 1.54) is 0 Å². The van der Waals surface area contributed by atoms with Crippen LogP contribution in [0.4, 0.5) is 0 Å². The molecule has 1 saturated heterocycles. The number of aliphatic hydroxyl groups is 2. The van der Waals surface area contributed by atoms with Crippen LogP contribution in [0.2, 0.25) is 0 Å². The first-order chi connectivity index (χ1) is 16.2. The van der Waals surface area contributed by atoms with Crippen molar-refractivity contribution in [3.8, 4) is 0 Å². The highest BCUT2D eigenvalue weighted by atomic mass is 16.7. The second-order valence-electron chi connectivity index (χ2n) is 8.04. The zero-order valence-electron chi connectivity index (χ0n) is 18.4. The van der Waals surface area contributed by atoms with Gasteiger partial charge in [-0.25, -0.2) is 0 Å². The van der Waals surface area contributed by atoms with Crippen molar-refractivity contribution in [2.75, 3.05) is 6.61 Å². The molecule has 174 valence electrons. The maximum Gasteiger partial charge on any atom is 0.187 e. The van der Waals surface area contributed by atoms with Crippen LogP contribution in [0.15, 0.2) is 91.0 Å². The lowest BCUT2D eigenvalue weighted by Crippen LogP contribution is -2.60. The maximum absolute atomic E-state index is 10.9. The number of hydrogen-bond acceptors (Lipinski definition) is 6. The highest BCUT2D eigenvalue weighted by Gasteiger charge is 2.47. The number of aliphatic hydroxyl groups excluding tert-OH is 2. The second kappa shape index (κ2) is 12.0. The minimum Gasteiger partial charge on any atom is -0.394 e. The summed E-state index contributed by atoms with van der Waals surface area (Å²) in [7, 11) is 0. The Labute approximate surface area is 194 Å². The first-order valence-electron chi connectivity index (χ1n) is 11.2. The molecule has 3 aromatic rings. The van der Waals surface area contributed by atoms with E-state index in [9.17, 15) is 10.2 Å². The highest BCUT2D eigenvalue weighted by molar-refractivity contribution is 5.15. The van der Waals surface area contributed by atoms with Gasteiger partial charge in [0.2, 0.25) is 0 Å². The van der Waals surface area contributed by atoms with Crippen LogP contribution in [0.3, 0.4) is 0 Å². The fourth-order valence-corrected chi connectivity index (χ4v) is 3.83. The lowest BCUT2D eigenvalue weighted by atomic mass is 9.98. The Morgan fingerprint density at radius 3 is 1.48 bits per heavy atom. The monoisotopic (exact) mass is 450 g/mol. The average molecular weight is 451 g/mol. The van der Waals surface area contributed by atoms with Crippen LogP contribution in [0.1, 0.15) is 16.7 Å². The van der Waals surface area contributed by atoms with E-state index in [4.69, 9.17) is 18.9 Å². The van der Waals surface area contributed by atoms with Crippen molar-refractivity contribution < 1.29 is 29.2 Å². The zero-order chi connectivity index (χ0) is 22.9. The third kappa shape index (κ3) is 6.48. The third-order valence-corrected chi connectivity index (χ3v) is 5.63. The molecular formula is C27H30O6. The fourth-order valence-electron chi connectivity index (χ4n) is 3.83. The molecule has 0 saturated carbocycles. The summed E-state index contributed by atoms with van der Waals surface area (Å²) in [6, 6.07) is 29.2. The number of hydrogen-bond donors (Lipinski definition) is 2. The molecule has 4 rings (SSSR count). The van der Waals surface area contributed by atoms with Crippen LogP contribution in [-0.2, 0) is 38.8 Å². The summed E-state index contributed by atoms with van der Waals surface area (Å²) >= 11 is 0. The van der Waals surface area contributed by atoms with Crippen LogP contribution >= 0.6 is 0 Å². The van der Waals surface area contributed by atoms with Crippen molar-refractivity contribution in [1.82, 2.24) is 0 Å². The number of ether oxygens (including phenoxy) is 4. The molecule has 6 heteroatoms. The van der Waals surface area contributed by atoms with Gasteiger partial charge in [-0.1, -0.05) is 91.0 Å². The predicted molar refractivity (Wildman–Crippen MR) is 123 cm³/mol. The Hall–Kier alpha value is -2.58. The van der Waals surface area contributed by atoms with Gasteiger partial charge < -0.3 is 29.2 Å². The van der Waals surface area contributed by atoms with Gasteiger partial charge in [-0.3, -0.25) is 0 Å². The topological polar surface area (TPSA) is 77.4 Å². The summed E-state index contributed by atoms with van der Waals surface area (Å²) < 4.78 is 24.4. The molecule has 1 aliphatic rings. The van der Waals surface area contributed by atoms with Crippen LogP contribution in [-0.4, -0.2) is 47.5 Å². The van der Waals surface area contributed by atoms with E-state index in [1.54, 1.807) is 0 Å². The Bertz CT molecular complexity index is 937. The Balaban J connectivity index is 1.52. The molecule has 0 unspecified atom stereocenters. The molecule has 5 atom stereocenters. The summed E-state index contributed by atoms with van der Waals surface area (Å²) in [4.78, 5) is 0. The lowest BCUT2D eigenvalue weighted by Gasteiger charge is -2.43. The largest absolute Gasteiger partial charge is 0.394 e. The highest BCUT2D eigenvalue weighted by Crippen LogP contribution is 2.29. The molecular weight excluding hydrogens is 420 g/mol. The van der Waals surface area contributed by atoms with Crippen molar-refractivity contribution >= 4 is 0 Å². The SMILES string of the molecule is OC[C@H]1O[C@H](OCc2ccccc2)[C@@H](OCc2ccccc2)[C@@H](OCc2ccccc2)[C@@H]1O. The molecule has 1 aliphatic heterocycles. The summed E-state index contributed by atoms with van der Waals surface area (Å²) in [6.07, 6.45) is -4.19. The van der Waals surface area contributed by atoms with Crippen molar-refractivity contribution in [2.24, 2.45) is 0 Å². The van der Waals surface area contributed by atoms with Crippen molar-refractivity contribution in [3.05, 3.63) is 108 Å². The fraction of sp³-hybridized carbons (Fsp3) is 0.333. The molecule has 0 radical (unpaired) electrons. The van der Waals surface area contributed by atoms with Gasteiger partial charge >= 0.3 is 0 Å². The lowest BCUT2D eigenvalue weighted by molar-refractivity contribution is -0.322. The van der Waals surface area contributed by atoms with Crippen LogP contribution < -0.4 is 0 Å². The van der Waals surface area contributed by atoms with Crippen molar-refractivity contribution in [1.29, 1.82) is 0 Å². The first-order valence-corrected chi connectivity index (χ1v) is 11.2. The van der Waals surface area contributed by atoms with Gasteiger partial charge in [0.15, 0.2) is 6.29 Å². The molecule has 0 amide bonds. The molecule has 0 bridgehead atoms. The first kappa shape index (κ1) is 23.6. The molecule has 1 heterocycles. The van der Waals surface area contributed by atoms with Crippen LogP contribution in [0.25, 0.3) is 0 Å². The predicted octanol–water partition coefficient (Wildman–Crippen LogP) is 3.45. The molecule has 2 N–H and O–H groups in total. The van der Waals surface area contributed by atoms with E-state index in [0.29, 0.717) is 13.2 Å². The van der Waals surface area contributed by atoms with Gasteiger partial charge in [-0.2, -0.15) is 0 Å². The summed E-state index contributed by atoms with van der Waals surface area (Å²) in [5.74, 6) is 0. The molecule has 6 nitrogen and oxygen atoms in total. The minimum absolute atomic E-state index is 0.289. The Morgan fingerprint density at radius 2 is 1.03 bits per heavy atom. The Morgan fingerprint density at radius 1 is 0.606 bits per heavy atom. The molecule has 0 spiro atoms. The van der Waals surface area contributed by atoms with Gasteiger partial charge in [-0.15, -0.1) is 0 Å². The standard InChI is InChI=1S/C27H30O6/c28-16-23-24(29)25(30-17-20-10-4-1-5-11-20)26(31-18-21-12-6-2-7-13-21)27(33-23)32-19-22-14-8-3-9-15-22/h1-15,23-29H,16-19H2/t23-,24-,25+,26+,27+/m1/s1. The third-order valence-electron chi connectivity index (χ3n) is 5.63. The maximum atomic E-state index is 10.9. The van der Waals surface area contributed by atoms with E-state index in [-0.39, 0.29) is 13.2 Å². The number of benzene rings is 3. The number of rotatable bonds is 10. The van der Waals surface area contributed by atoms with Crippen LogP contribution in [0, 0.1) is 0 Å². The molecule has 33 heavy (non-hydrogen) atoms. The van der Waals surface area contributed by atoms with E-state index in [2.05, 4.69) is 0 Å². The van der Waals surface area contributed by atoms with E-state index in [1.807, 2.05) is 91.0 Å². The van der Waals surface area contributed by atoms with Gasteiger partial charge in [0.25, 0.3) is 0 Å². The molecule has 1 fully saturated rings. The minimum atomic E-state index is -1.07. The van der Waals surface area contributed by atoms with Gasteiger partial charge in [0, 0.05) is 0 Å². The van der Waals surface area contributed by atoms with Crippen LogP contribution in [0.5, 0.6) is 0 Å². The second-order valence-corrected chi connectivity index (χ2v) is 8.04. The summed E-state index contributed by atoms with van der Waals surface area (Å²) in [5.41, 5.74) is 2.94. The normalized spacial score (nSPS) is 25.1. The summed E-state index contributed by atoms with van der Waals surface area (Å²) in [5, 5.41) is 20.8. The average Bonchev–Trinajstić information content (AvgIpc) is 2.88. The van der Waals surface area contributed by atoms with E-state index < -0.39 is 30.7 Å². The zero-order valence-corrected chi connectivity index (χ0v) is 18.4. The quantitative estimate of drug-likeness (QED) is 0.493.